The molecule has 0 radical (unpaired) electrons. The highest BCUT2D eigenvalue weighted by atomic mass is 31.2. The van der Waals surface area contributed by atoms with Crippen LogP contribution in [0.2, 0.25) is 0 Å². The quantitative estimate of drug-likeness (QED) is 0.0169. The first-order valence-corrected chi connectivity index (χ1v) is 39.2. The van der Waals surface area contributed by atoms with Gasteiger partial charge in [-0.05, 0) is 69.1 Å². The number of allylic oxidation sites excluding steroid dienone is 4. The van der Waals surface area contributed by atoms with Crippen molar-refractivity contribution in [2.45, 2.75) is 349 Å². The van der Waals surface area contributed by atoms with Gasteiger partial charge in [0.2, 0.25) is 0 Å². The van der Waals surface area contributed by atoms with Gasteiger partial charge in [-0.1, -0.05) is 278 Å². The van der Waals surface area contributed by atoms with Crippen molar-refractivity contribution in [2.75, 3.05) is 39.6 Å². The summed E-state index contributed by atoms with van der Waals surface area (Å²) in [4.78, 5) is 72.5. The third kappa shape index (κ3) is 61.7. The van der Waals surface area contributed by atoms with Crippen LogP contribution in [0.5, 0.6) is 0 Å². The van der Waals surface area contributed by atoms with Crippen molar-refractivity contribution in [1.29, 1.82) is 0 Å². The van der Waals surface area contributed by atoms with Crippen LogP contribution in [0.1, 0.15) is 331 Å². The van der Waals surface area contributed by atoms with Crippen LogP contribution in [0.3, 0.4) is 0 Å². The Morgan fingerprint density at radius 1 is 0.367 bits per heavy atom. The molecule has 0 saturated carbocycles. The average Bonchev–Trinajstić information content (AvgIpc) is 3.72. The zero-order valence-electron chi connectivity index (χ0n) is 58.1. The molecule has 0 aliphatic carbocycles. The lowest BCUT2D eigenvalue weighted by Crippen LogP contribution is -2.30. The Bertz CT molecular complexity index is 1860. The molecule has 0 aromatic carbocycles. The fourth-order valence-corrected chi connectivity index (χ4v) is 11.7. The fraction of sp³-hybridized carbons (Fsp3) is 0.887. The number of phosphoric ester groups is 2. The van der Waals surface area contributed by atoms with Crippen molar-refractivity contribution in [1.82, 2.24) is 0 Å². The van der Waals surface area contributed by atoms with Gasteiger partial charge in [0.1, 0.15) is 19.3 Å². The first-order chi connectivity index (χ1) is 43.3. The minimum Gasteiger partial charge on any atom is -0.462 e. The van der Waals surface area contributed by atoms with E-state index in [0.717, 1.165) is 133 Å². The molecule has 90 heavy (non-hydrogen) atoms. The van der Waals surface area contributed by atoms with E-state index in [1.54, 1.807) is 0 Å². The summed E-state index contributed by atoms with van der Waals surface area (Å²) in [7, 11) is -9.92. The van der Waals surface area contributed by atoms with Crippen LogP contribution in [0.15, 0.2) is 24.3 Å². The molecule has 0 aromatic rings. The summed E-state index contributed by atoms with van der Waals surface area (Å²) in [5.41, 5.74) is 0. The summed E-state index contributed by atoms with van der Waals surface area (Å²) in [6, 6.07) is 0. The Morgan fingerprint density at radius 3 is 0.989 bits per heavy atom. The number of carbonyl (C=O) groups excluding carboxylic acids is 4. The number of phosphoric acid groups is 2. The van der Waals surface area contributed by atoms with Crippen molar-refractivity contribution in [3.05, 3.63) is 24.3 Å². The lowest BCUT2D eigenvalue weighted by Gasteiger charge is -2.21. The van der Waals surface area contributed by atoms with E-state index in [0.29, 0.717) is 25.7 Å². The van der Waals surface area contributed by atoms with Gasteiger partial charge in [-0.2, -0.15) is 0 Å². The molecule has 19 heteroatoms. The molecule has 530 valence electrons. The summed E-state index contributed by atoms with van der Waals surface area (Å²) < 4.78 is 68.2. The molecule has 3 N–H and O–H groups in total. The Balaban J connectivity index is 5.29. The molecule has 17 nitrogen and oxygen atoms in total. The summed E-state index contributed by atoms with van der Waals surface area (Å²) >= 11 is 0. The predicted octanol–water partition coefficient (Wildman–Crippen LogP) is 19.8. The van der Waals surface area contributed by atoms with E-state index in [-0.39, 0.29) is 25.7 Å². The number of hydrogen-bond acceptors (Lipinski definition) is 15. The van der Waals surface area contributed by atoms with Gasteiger partial charge in [0.05, 0.1) is 26.4 Å². The first-order valence-electron chi connectivity index (χ1n) is 36.2. The summed E-state index contributed by atoms with van der Waals surface area (Å²) in [6.45, 7) is 11.7. The monoisotopic (exact) mass is 1320 g/mol. The Labute approximate surface area is 548 Å². The van der Waals surface area contributed by atoms with Gasteiger partial charge in [0, 0.05) is 25.7 Å². The molecule has 0 saturated heterocycles. The van der Waals surface area contributed by atoms with E-state index < -0.39 is 97.5 Å². The maximum absolute atomic E-state index is 13.0. The maximum atomic E-state index is 13.0. The number of aliphatic hydroxyl groups excluding tert-OH is 1. The molecule has 0 aromatic heterocycles. The largest absolute Gasteiger partial charge is 0.472 e. The Kier molecular flexibility index (Phi) is 59.7. The third-order valence-corrected chi connectivity index (χ3v) is 18.4. The van der Waals surface area contributed by atoms with E-state index in [9.17, 15) is 43.2 Å². The normalized spacial score (nSPS) is 15.0. The molecule has 0 fully saturated rings. The topological polar surface area (TPSA) is 237 Å². The lowest BCUT2D eigenvalue weighted by molar-refractivity contribution is -0.161. The molecule has 7 atom stereocenters. The van der Waals surface area contributed by atoms with E-state index in [1.807, 2.05) is 0 Å². The molecule has 0 aliphatic heterocycles. The van der Waals surface area contributed by atoms with Crippen molar-refractivity contribution in [2.24, 2.45) is 17.8 Å². The molecular weight excluding hydrogens is 1190 g/mol. The molecule has 4 unspecified atom stereocenters. The van der Waals surface area contributed by atoms with Gasteiger partial charge in [0.15, 0.2) is 12.2 Å². The van der Waals surface area contributed by atoms with Crippen LogP contribution in [0.25, 0.3) is 0 Å². The zero-order valence-corrected chi connectivity index (χ0v) is 59.9. The molecule has 0 rings (SSSR count). The summed E-state index contributed by atoms with van der Waals surface area (Å²) in [5, 5.41) is 10.6. The van der Waals surface area contributed by atoms with Crippen LogP contribution < -0.4 is 0 Å². The number of rotatable bonds is 67. The highest BCUT2D eigenvalue weighted by Gasteiger charge is 2.30. The molecule has 0 amide bonds. The minimum absolute atomic E-state index is 0.0836. The average molecular weight is 1320 g/mol. The van der Waals surface area contributed by atoms with Gasteiger partial charge in [0.25, 0.3) is 0 Å². The van der Waals surface area contributed by atoms with Crippen molar-refractivity contribution in [3.63, 3.8) is 0 Å². The van der Waals surface area contributed by atoms with E-state index in [4.69, 9.17) is 37.0 Å². The molecule has 0 spiro atoms. The SMILES string of the molecule is CCCCCC/C=C\C=C/CCCCCCCC(=O)O[C@H](COC(=O)CCCCCCCCC(C)CC)COP(=O)(O)OC[C@H](O)COP(=O)(O)OC[C@@H](COC(=O)CCCCCCCCC(C)CC)OC(=O)CCCCCCCCCCCCCCC(C)C. The van der Waals surface area contributed by atoms with Gasteiger partial charge >= 0.3 is 39.5 Å². The van der Waals surface area contributed by atoms with Gasteiger partial charge in [-0.15, -0.1) is 0 Å². The minimum atomic E-state index is -4.96. The summed E-state index contributed by atoms with van der Waals surface area (Å²) in [6.07, 6.45) is 48.0. The second-order valence-corrected chi connectivity index (χ2v) is 28.8. The van der Waals surface area contributed by atoms with Crippen molar-refractivity contribution < 1.29 is 80.2 Å². The van der Waals surface area contributed by atoms with Gasteiger partial charge < -0.3 is 33.8 Å². The molecule has 0 bridgehead atoms. The van der Waals surface area contributed by atoms with Crippen molar-refractivity contribution in [3.8, 4) is 0 Å². The number of carbonyl (C=O) groups is 4. The zero-order chi connectivity index (χ0) is 66.6. The van der Waals surface area contributed by atoms with Crippen LogP contribution in [-0.2, 0) is 65.4 Å². The number of unbranched alkanes of at least 4 members (excludes halogenated alkanes) is 30. The van der Waals surface area contributed by atoms with Gasteiger partial charge in [-0.25, -0.2) is 9.13 Å². The number of esters is 4. The second-order valence-electron chi connectivity index (χ2n) is 25.9. The van der Waals surface area contributed by atoms with Crippen LogP contribution in [0, 0.1) is 17.8 Å². The molecule has 0 heterocycles. The fourth-order valence-electron chi connectivity index (χ4n) is 10.1. The smallest absolute Gasteiger partial charge is 0.462 e. The standard InChI is InChI=1S/C71H134O17P2/c1-8-11-12-13-14-15-16-17-18-19-23-26-29-40-47-54-70(75)87-66(58-81-68(73)52-45-38-33-31-36-43-50-63(6)9-2)60-85-89(77,78)83-56-65(72)57-84-90(79,80)86-61-67(59-82-69(74)53-46-39-34-32-37-44-51-64(7)10-3)88-71(76)55-48-41-30-27-24-21-20-22-25-28-35-42-49-62(4)5/h15-18,62-67,72H,8-14,19-61H2,1-7H3,(H,77,78)(H,79,80)/b16-15-,18-17-/t63?,64?,65-,66+,67+/m0/s1. The number of aliphatic hydroxyl groups is 1. The van der Waals surface area contributed by atoms with Crippen LogP contribution in [-0.4, -0.2) is 96.7 Å². The number of ether oxygens (including phenoxy) is 4. The predicted molar refractivity (Wildman–Crippen MR) is 363 cm³/mol. The van der Waals surface area contributed by atoms with E-state index in [2.05, 4.69) is 72.8 Å². The maximum Gasteiger partial charge on any atom is 0.472 e. The van der Waals surface area contributed by atoms with Crippen molar-refractivity contribution >= 4 is 39.5 Å². The van der Waals surface area contributed by atoms with Crippen LogP contribution >= 0.6 is 15.6 Å². The first kappa shape index (κ1) is 87.5. The highest BCUT2D eigenvalue weighted by Crippen LogP contribution is 2.45. The highest BCUT2D eigenvalue weighted by molar-refractivity contribution is 7.47. The molecule has 0 aliphatic rings. The van der Waals surface area contributed by atoms with E-state index >= 15 is 0 Å². The second kappa shape index (κ2) is 61.4. The third-order valence-electron chi connectivity index (χ3n) is 16.5. The lowest BCUT2D eigenvalue weighted by atomic mass is 10.00. The Morgan fingerprint density at radius 2 is 0.656 bits per heavy atom. The molecular formula is C71H134O17P2. The van der Waals surface area contributed by atoms with Crippen LogP contribution in [0.4, 0.5) is 0 Å². The van der Waals surface area contributed by atoms with Gasteiger partial charge in [-0.3, -0.25) is 37.3 Å². The summed E-state index contributed by atoms with van der Waals surface area (Å²) in [5.74, 6) is 0.0736. The Hall–Kier alpha value is -2.46. The number of hydrogen-bond donors (Lipinski definition) is 3. The van der Waals surface area contributed by atoms with E-state index in [1.165, 1.54) is 116 Å².